The van der Waals surface area contributed by atoms with Crippen LogP contribution in [0.5, 0.6) is 0 Å². The number of benzene rings is 1. The summed E-state index contributed by atoms with van der Waals surface area (Å²) in [6, 6.07) is 2.04. The molecule has 0 unspecified atom stereocenters. The first-order valence-electron chi connectivity index (χ1n) is 4.69. The van der Waals surface area contributed by atoms with Crippen molar-refractivity contribution in [3.63, 3.8) is 0 Å². The van der Waals surface area contributed by atoms with Crippen LogP contribution in [-0.4, -0.2) is 10.9 Å². The van der Waals surface area contributed by atoms with Gasteiger partial charge in [-0.2, -0.15) is 13.2 Å². The molecule has 0 N–H and O–H groups in total. The van der Waals surface area contributed by atoms with Gasteiger partial charge in [-0.25, -0.2) is 0 Å². The summed E-state index contributed by atoms with van der Waals surface area (Å²) in [5.74, 6) is -0.677. The Balaban J connectivity index is 3.13. The van der Waals surface area contributed by atoms with Crippen molar-refractivity contribution in [2.24, 2.45) is 0 Å². The van der Waals surface area contributed by atoms with Crippen molar-refractivity contribution in [1.82, 2.24) is 0 Å². The van der Waals surface area contributed by atoms with Crippen LogP contribution in [0.1, 0.15) is 18.1 Å². The molecule has 0 radical (unpaired) electrons. The largest absolute Gasteiger partial charge is 0.461 e. The van der Waals surface area contributed by atoms with Crippen LogP contribution >= 0.6 is 0 Å². The summed E-state index contributed by atoms with van der Waals surface area (Å²) in [6.07, 6.45) is -4.66. The SMILES string of the molecule is CC(=O)OCc1ccc(C(F)(F)F)cc1[N+](=O)[O-]. The lowest BCUT2D eigenvalue weighted by atomic mass is 10.1. The zero-order valence-corrected chi connectivity index (χ0v) is 9.15. The predicted molar refractivity (Wildman–Crippen MR) is 53.6 cm³/mol. The number of hydrogen-bond donors (Lipinski definition) is 0. The average molecular weight is 263 g/mol. The lowest BCUT2D eigenvalue weighted by Gasteiger charge is -2.08. The van der Waals surface area contributed by atoms with Crippen LogP contribution in [0.4, 0.5) is 18.9 Å². The van der Waals surface area contributed by atoms with E-state index in [1.54, 1.807) is 0 Å². The number of alkyl halides is 3. The van der Waals surface area contributed by atoms with Crippen molar-refractivity contribution in [1.29, 1.82) is 0 Å². The van der Waals surface area contributed by atoms with E-state index in [2.05, 4.69) is 4.74 Å². The van der Waals surface area contributed by atoms with E-state index in [4.69, 9.17) is 0 Å². The number of nitro benzene ring substituents is 1. The minimum atomic E-state index is -4.66. The first-order valence-corrected chi connectivity index (χ1v) is 4.69. The topological polar surface area (TPSA) is 69.4 Å². The van der Waals surface area contributed by atoms with Gasteiger partial charge in [0.1, 0.15) is 6.61 Å². The Hall–Kier alpha value is -2.12. The molecule has 5 nitrogen and oxygen atoms in total. The fraction of sp³-hybridized carbons (Fsp3) is 0.300. The summed E-state index contributed by atoms with van der Waals surface area (Å²) in [4.78, 5) is 20.2. The molecule has 1 rings (SSSR count). The Morgan fingerprint density at radius 1 is 1.44 bits per heavy atom. The minimum absolute atomic E-state index is 0.0943. The van der Waals surface area contributed by atoms with Gasteiger partial charge in [0.25, 0.3) is 5.69 Å². The molecule has 0 aliphatic carbocycles. The molecule has 0 aliphatic rings. The van der Waals surface area contributed by atoms with E-state index in [9.17, 15) is 28.1 Å². The first kappa shape index (κ1) is 13.9. The van der Waals surface area contributed by atoms with E-state index in [1.165, 1.54) is 0 Å². The van der Waals surface area contributed by atoms with Gasteiger partial charge >= 0.3 is 12.1 Å². The molecule has 0 aromatic heterocycles. The Bertz CT molecular complexity index is 485. The van der Waals surface area contributed by atoms with Crippen molar-refractivity contribution in [2.45, 2.75) is 19.7 Å². The highest BCUT2D eigenvalue weighted by Crippen LogP contribution is 2.33. The van der Waals surface area contributed by atoms with Crippen LogP contribution in [0.15, 0.2) is 18.2 Å². The molecule has 0 aliphatic heterocycles. The Kier molecular flexibility index (Phi) is 3.89. The second-order valence-electron chi connectivity index (χ2n) is 3.38. The van der Waals surface area contributed by atoms with E-state index in [-0.39, 0.29) is 5.56 Å². The van der Waals surface area contributed by atoms with E-state index in [0.29, 0.717) is 12.1 Å². The number of carbonyl (C=O) groups is 1. The fourth-order valence-electron chi connectivity index (χ4n) is 1.21. The molecular weight excluding hydrogens is 255 g/mol. The summed E-state index contributed by atoms with van der Waals surface area (Å²) >= 11 is 0. The molecule has 18 heavy (non-hydrogen) atoms. The first-order chi connectivity index (χ1) is 8.21. The molecule has 1 aromatic rings. The van der Waals surface area contributed by atoms with Crippen LogP contribution < -0.4 is 0 Å². The molecule has 0 spiro atoms. The third kappa shape index (κ3) is 3.44. The highest BCUT2D eigenvalue weighted by Gasteiger charge is 2.33. The normalized spacial score (nSPS) is 11.1. The highest BCUT2D eigenvalue weighted by molar-refractivity contribution is 5.66. The number of nitrogens with zero attached hydrogens (tertiary/aromatic N) is 1. The van der Waals surface area contributed by atoms with Gasteiger partial charge in [0.05, 0.1) is 16.1 Å². The molecule has 8 heteroatoms. The molecule has 0 amide bonds. The lowest BCUT2D eigenvalue weighted by Crippen LogP contribution is -2.08. The number of halogens is 3. The van der Waals surface area contributed by atoms with E-state index >= 15 is 0 Å². The number of ether oxygens (including phenoxy) is 1. The molecule has 0 bridgehead atoms. The number of esters is 1. The van der Waals surface area contributed by atoms with Gasteiger partial charge < -0.3 is 4.74 Å². The quantitative estimate of drug-likeness (QED) is 0.477. The molecule has 1 aromatic carbocycles. The van der Waals surface area contributed by atoms with Crippen molar-refractivity contribution >= 4 is 11.7 Å². The number of rotatable bonds is 3. The second-order valence-corrected chi connectivity index (χ2v) is 3.38. The van der Waals surface area contributed by atoms with Gasteiger partial charge in [0, 0.05) is 13.0 Å². The molecular formula is C10H8F3NO4. The van der Waals surface area contributed by atoms with Crippen molar-refractivity contribution in [3.8, 4) is 0 Å². The summed E-state index contributed by atoms with van der Waals surface area (Å²) in [5, 5.41) is 10.6. The van der Waals surface area contributed by atoms with Gasteiger partial charge in [-0.15, -0.1) is 0 Å². The van der Waals surface area contributed by atoms with Gasteiger partial charge in [0.15, 0.2) is 0 Å². The van der Waals surface area contributed by atoms with E-state index < -0.39 is 34.9 Å². The zero-order chi connectivity index (χ0) is 13.9. The number of hydrogen-bond acceptors (Lipinski definition) is 4. The summed E-state index contributed by atoms with van der Waals surface area (Å²) in [5.41, 5.74) is -1.95. The van der Waals surface area contributed by atoms with E-state index in [1.807, 2.05) is 0 Å². The standard InChI is InChI=1S/C10H8F3NO4/c1-6(15)18-5-7-2-3-8(10(11,12)13)4-9(7)14(16)17/h2-4H,5H2,1H3. The van der Waals surface area contributed by atoms with Crippen LogP contribution in [0.2, 0.25) is 0 Å². The van der Waals surface area contributed by atoms with Gasteiger partial charge in [-0.1, -0.05) is 0 Å². The van der Waals surface area contributed by atoms with Gasteiger partial charge in [-0.05, 0) is 12.1 Å². The van der Waals surface area contributed by atoms with E-state index in [0.717, 1.165) is 13.0 Å². The molecule has 0 saturated heterocycles. The third-order valence-electron chi connectivity index (χ3n) is 2.04. The minimum Gasteiger partial charge on any atom is -0.461 e. The lowest BCUT2D eigenvalue weighted by molar-refractivity contribution is -0.386. The molecule has 0 atom stereocenters. The maximum atomic E-state index is 12.4. The summed E-state index contributed by atoms with van der Waals surface area (Å²) < 4.78 is 41.6. The van der Waals surface area contributed by atoms with Gasteiger partial charge in [-0.3, -0.25) is 14.9 Å². The van der Waals surface area contributed by atoms with Gasteiger partial charge in [0.2, 0.25) is 0 Å². The van der Waals surface area contributed by atoms with Crippen LogP contribution in [-0.2, 0) is 22.3 Å². The monoisotopic (exact) mass is 263 g/mol. The third-order valence-corrected chi connectivity index (χ3v) is 2.04. The second kappa shape index (κ2) is 5.03. The molecule has 0 fully saturated rings. The van der Waals surface area contributed by atoms with Crippen LogP contribution in [0, 0.1) is 10.1 Å². The smallest absolute Gasteiger partial charge is 0.416 e. The summed E-state index contributed by atoms with van der Waals surface area (Å²) in [7, 11) is 0. The maximum absolute atomic E-state index is 12.4. The van der Waals surface area contributed by atoms with Crippen LogP contribution in [0.3, 0.4) is 0 Å². The molecule has 0 heterocycles. The van der Waals surface area contributed by atoms with Crippen LogP contribution in [0.25, 0.3) is 0 Å². The fourth-order valence-corrected chi connectivity index (χ4v) is 1.21. The number of carbonyl (C=O) groups excluding carboxylic acids is 1. The average Bonchev–Trinajstić information content (AvgIpc) is 2.24. The van der Waals surface area contributed by atoms with Crippen molar-refractivity contribution in [3.05, 3.63) is 39.4 Å². The Morgan fingerprint density at radius 2 is 2.06 bits per heavy atom. The Morgan fingerprint density at radius 3 is 2.50 bits per heavy atom. The maximum Gasteiger partial charge on any atom is 0.416 e. The molecule has 0 saturated carbocycles. The van der Waals surface area contributed by atoms with Crippen molar-refractivity contribution in [2.75, 3.05) is 0 Å². The van der Waals surface area contributed by atoms with Crippen molar-refractivity contribution < 1.29 is 27.6 Å². The summed E-state index contributed by atoms with van der Waals surface area (Å²) in [6.45, 7) is 0.652. The predicted octanol–water partition coefficient (Wildman–Crippen LogP) is 2.68. The molecule has 98 valence electrons. The highest BCUT2D eigenvalue weighted by atomic mass is 19.4. The number of nitro groups is 1. The zero-order valence-electron chi connectivity index (χ0n) is 9.15. The Labute approximate surface area is 99.3 Å².